The Labute approximate surface area is 178 Å². The number of carbonyl (C=O) groups is 2. The van der Waals surface area contributed by atoms with Crippen LogP contribution in [0.1, 0.15) is 47.6 Å². The van der Waals surface area contributed by atoms with Crippen molar-refractivity contribution in [2.24, 2.45) is 0 Å². The Hall–Kier alpha value is -2.98. The number of rotatable bonds is 2. The maximum atomic E-state index is 13.7. The predicted octanol–water partition coefficient (Wildman–Crippen LogP) is 1.90. The van der Waals surface area contributed by atoms with Gasteiger partial charge in [-0.25, -0.2) is 24.2 Å². The number of halogens is 2. The van der Waals surface area contributed by atoms with E-state index in [9.17, 15) is 18.4 Å². The summed E-state index contributed by atoms with van der Waals surface area (Å²) in [4.78, 5) is 41.0. The minimum Gasteiger partial charge on any atom is -0.347 e. The Morgan fingerprint density at radius 1 is 1.13 bits per heavy atom. The zero-order valence-corrected chi connectivity index (χ0v) is 16.8. The molecule has 2 aliphatic rings. The molecule has 2 aliphatic heterocycles. The van der Waals surface area contributed by atoms with Crippen LogP contribution in [0.15, 0.2) is 36.9 Å². The SMILES string of the molecule is O=C(c1cncnc1)N1CCC2(CC1)ONCCC[C@@H](c1cc(F)cc(F)c1)NC2=O. The molecule has 0 bridgehead atoms. The van der Waals surface area contributed by atoms with Crippen LogP contribution in [0.4, 0.5) is 8.78 Å². The van der Waals surface area contributed by atoms with Crippen LogP contribution >= 0.6 is 0 Å². The molecular formula is C21H23F2N5O3. The highest BCUT2D eigenvalue weighted by Gasteiger charge is 2.45. The zero-order valence-electron chi connectivity index (χ0n) is 16.8. The molecule has 1 aromatic heterocycles. The van der Waals surface area contributed by atoms with E-state index in [1.807, 2.05) is 0 Å². The minimum absolute atomic E-state index is 0.208. The first-order valence-corrected chi connectivity index (χ1v) is 10.2. The topological polar surface area (TPSA) is 96.5 Å². The van der Waals surface area contributed by atoms with Crippen LogP contribution in [0.5, 0.6) is 0 Å². The van der Waals surface area contributed by atoms with Crippen LogP contribution in [0.3, 0.4) is 0 Å². The standard InChI is InChI=1S/C21H23F2N5O3/c22-16-8-14(9-17(23)10-16)18-2-1-5-26-31-21(20(30)27-18)3-6-28(7-4-21)19(29)15-11-24-13-25-12-15/h8-13,18,26H,1-7H2,(H,27,30)/t18-/m0/s1. The third-order valence-electron chi connectivity index (χ3n) is 5.71. The van der Waals surface area contributed by atoms with Gasteiger partial charge in [0, 0.05) is 50.9 Å². The number of nitrogens with one attached hydrogen (secondary N) is 2. The van der Waals surface area contributed by atoms with Gasteiger partial charge >= 0.3 is 0 Å². The first-order valence-electron chi connectivity index (χ1n) is 10.2. The van der Waals surface area contributed by atoms with Gasteiger partial charge in [0.05, 0.1) is 11.6 Å². The highest BCUT2D eigenvalue weighted by molar-refractivity contribution is 5.94. The van der Waals surface area contributed by atoms with Crippen molar-refractivity contribution in [3.8, 4) is 0 Å². The number of likely N-dealkylation sites (tertiary alicyclic amines) is 1. The van der Waals surface area contributed by atoms with Gasteiger partial charge in [-0.2, -0.15) is 0 Å². The Kier molecular flexibility index (Phi) is 6.19. The highest BCUT2D eigenvalue weighted by atomic mass is 19.1. The van der Waals surface area contributed by atoms with Crippen molar-refractivity contribution in [2.45, 2.75) is 37.3 Å². The van der Waals surface area contributed by atoms with E-state index in [1.165, 1.54) is 30.9 Å². The number of nitrogens with zero attached hydrogens (tertiary/aromatic N) is 3. The van der Waals surface area contributed by atoms with Gasteiger partial charge in [0.15, 0.2) is 5.60 Å². The maximum Gasteiger partial charge on any atom is 0.256 e. The lowest BCUT2D eigenvalue weighted by molar-refractivity contribution is -0.168. The van der Waals surface area contributed by atoms with Crippen molar-refractivity contribution >= 4 is 11.8 Å². The van der Waals surface area contributed by atoms with Crippen molar-refractivity contribution in [1.82, 2.24) is 25.7 Å². The van der Waals surface area contributed by atoms with Crippen LogP contribution in [-0.4, -0.2) is 51.9 Å². The molecule has 2 fully saturated rings. The van der Waals surface area contributed by atoms with Crippen molar-refractivity contribution in [3.63, 3.8) is 0 Å². The van der Waals surface area contributed by atoms with E-state index in [-0.39, 0.29) is 24.7 Å². The molecule has 3 heterocycles. The lowest BCUT2D eigenvalue weighted by Gasteiger charge is -2.40. The number of piperidine rings is 1. The lowest BCUT2D eigenvalue weighted by atomic mass is 9.89. The Balaban J connectivity index is 1.49. The van der Waals surface area contributed by atoms with E-state index in [0.29, 0.717) is 43.6 Å². The number of amides is 2. The number of carbonyl (C=O) groups excluding carboxylic acids is 2. The Bertz CT molecular complexity index is 931. The fourth-order valence-corrected chi connectivity index (χ4v) is 3.99. The predicted molar refractivity (Wildman–Crippen MR) is 105 cm³/mol. The summed E-state index contributed by atoms with van der Waals surface area (Å²) in [5.41, 5.74) is 2.43. The molecule has 0 saturated carbocycles. The number of hydrogen-bond donors (Lipinski definition) is 2. The van der Waals surface area contributed by atoms with Gasteiger partial charge in [-0.05, 0) is 30.5 Å². The number of hydrogen-bond acceptors (Lipinski definition) is 6. The summed E-state index contributed by atoms with van der Waals surface area (Å²) >= 11 is 0. The molecule has 31 heavy (non-hydrogen) atoms. The van der Waals surface area contributed by atoms with Crippen LogP contribution in [0.25, 0.3) is 0 Å². The van der Waals surface area contributed by atoms with E-state index in [4.69, 9.17) is 4.84 Å². The van der Waals surface area contributed by atoms with Gasteiger partial charge in [0.1, 0.15) is 18.0 Å². The molecule has 1 aromatic carbocycles. The summed E-state index contributed by atoms with van der Waals surface area (Å²) in [7, 11) is 0. The second kappa shape index (κ2) is 9.03. The number of aromatic nitrogens is 2. The molecule has 2 N–H and O–H groups in total. The molecule has 2 saturated heterocycles. The van der Waals surface area contributed by atoms with Gasteiger partial charge in [-0.15, -0.1) is 0 Å². The third-order valence-corrected chi connectivity index (χ3v) is 5.71. The van der Waals surface area contributed by atoms with Gasteiger partial charge < -0.3 is 10.2 Å². The number of benzene rings is 1. The minimum atomic E-state index is -1.18. The van der Waals surface area contributed by atoms with Crippen molar-refractivity contribution in [1.29, 1.82) is 0 Å². The molecule has 2 amide bonds. The summed E-state index contributed by atoms with van der Waals surface area (Å²) in [5.74, 6) is -1.96. The van der Waals surface area contributed by atoms with Gasteiger partial charge in [-0.3, -0.25) is 14.4 Å². The van der Waals surface area contributed by atoms with E-state index in [2.05, 4.69) is 20.8 Å². The number of hydroxylamine groups is 1. The van der Waals surface area contributed by atoms with Crippen LogP contribution in [0, 0.1) is 11.6 Å². The highest BCUT2D eigenvalue weighted by Crippen LogP contribution is 2.30. The summed E-state index contributed by atoms with van der Waals surface area (Å²) in [6, 6.07) is 2.72. The van der Waals surface area contributed by atoms with E-state index < -0.39 is 23.3 Å². The smallest absolute Gasteiger partial charge is 0.256 e. The summed E-state index contributed by atoms with van der Waals surface area (Å²) in [6.07, 6.45) is 5.94. The molecule has 1 atom stereocenters. The zero-order chi connectivity index (χ0) is 21.8. The Morgan fingerprint density at radius 3 is 2.48 bits per heavy atom. The molecule has 10 heteroatoms. The van der Waals surface area contributed by atoms with E-state index >= 15 is 0 Å². The van der Waals surface area contributed by atoms with E-state index in [1.54, 1.807) is 4.90 Å². The van der Waals surface area contributed by atoms with Crippen LogP contribution < -0.4 is 10.8 Å². The van der Waals surface area contributed by atoms with Crippen molar-refractivity contribution < 1.29 is 23.2 Å². The van der Waals surface area contributed by atoms with Crippen LogP contribution in [0.2, 0.25) is 0 Å². The van der Waals surface area contributed by atoms with Crippen LogP contribution in [-0.2, 0) is 9.63 Å². The van der Waals surface area contributed by atoms with Gasteiger partial charge in [0.25, 0.3) is 11.8 Å². The molecule has 8 nitrogen and oxygen atoms in total. The second-order valence-corrected chi connectivity index (χ2v) is 7.78. The van der Waals surface area contributed by atoms with Gasteiger partial charge in [0.2, 0.25) is 0 Å². The quantitative estimate of drug-likeness (QED) is 0.754. The second-order valence-electron chi connectivity index (χ2n) is 7.78. The lowest BCUT2D eigenvalue weighted by Crippen LogP contribution is -2.58. The maximum absolute atomic E-state index is 13.7. The molecule has 0 unspecified atom stereocenters. The fraction of sp³-hybridized carbons (Fsp3) is 0.429. The van der Waals surface area contributed by atoms with Crippen molar-refractivity contribution in [2.75, 3.05) is 19.6 Å². The molecule has 2 aromatic rings. The summed E-state index contributed by atoms with van der Waals surface area (Å²) < 4.78 is 27.4. The average molecular weight is 431 g/mol. The third kappa shape index (κ3) is 4.70. The largest absolute Gasteiger partial charge is 0.347 e. The molecule has 0 radical (unpaired) electrons. The Morgan fingerprint density at radius 2 is 1.81 bits per heavy atom. The summed E-state index contributed by atoms with van der Waals surface area (Å²) in [5, 5.41) is 2.91. The van der Waals surface area contributed by atoms with Gasteiger partial charge in [-0.1, -0.05) is 0 Å². The molecule has 0 aliphatic carbocycles. The molecular weight excluding hydrogens is 408 g/mol. The normalized spacial score (nSPS) is 21.7. The molecule has 4 rings (SSSR count). The monoisotopic (exact) mass is 431 g/mol. The molecule has 1 spiro atoms. The summed E-state index contributed by atoms with van der Waals surface area (Å²) in [6.45, 7) is 1.10. The first-order chi connectivity index (χ1) is 15.0. The van der Waals surface area contributed by atoms with E-state index in [0.717, 1.165) is 6.07 Å². The first kappa shape index (κ1) is 21.3. The molecule has 164 valence electrons. The fourth-order valence-electron chi connectivity index (χ4n) is 3.99. The van der Waals surface area contributed by atoms with Crippen molar-refractivity contribution in [3.05, 3.63) is 59.7 Å². The average Bonchev–Trinajstić information content (AvgIpc) is 2.84.